The van der Waals surface area contributed by atoms with Crippen LogP contribution >= 0.6 is 0 Å². The Morgan fingerprint density at radius 3 is 2.60 bits per heavy atom. The number of morpholine rings is 1. The molecule has 1 spiro atoms. The van der Waals surface area contributed by atoms with Crippen LogP contribution in [0.3, 0.4) is 0 Å². The van der Waals surface area contributed by atoms with Gasteiger partial charge in [-0.25, -0.2) is 4.79 Å². The molecule has 2 aromatic carbocycles. The van der Waals surface area contributed by atoms with Crippen LogP contribution in [0.25, 0.3) is 0 Å². The Balaban J connectivity index is 1.59. The van der Waals surface area contributed by atoms with Gasteiger partial charge in [-0.15, -0.1) is 0 Å². The number of barbiturate groups is 1. The minimum absolute atomic E-state index is 0.0625. The Morgan fingerprint density at radius 2 is 1.89 bits per heavy atom. The first-order chi connectivity index (χ1) is 16.7. The Bertz CT molecular complexity index is 1220. The van der Waals surface area contributed by atoms with Crippen molar-refractivity contribution >= 4 is 29.2 Å². The van der Waals surface area contributed by atoms with Gasteiger partial charge >= 0.3 is 6.03 Å². The average Bonchev–Trinajstić information content (AvgIpc) is 2.82. The quantitative estimate of drug-likeness (QED) is 0.407. The van der Waals surface area contributed by atoms with E-state index in [4.69, 9.17) is 4.74 Å². The maximum atomic E-state index is 14.1. The molecule has 10 heteroatoms. The Morgan fingerprint density at radius 1 is 1.14 bits per heavy atom. The van der Waals surface area contributed by atoms with Gasteiger partial charge in [-0.2, -0.15) is 0 Å². The van der Waals surface area contributed by atoms with Gasteiger partial charge in [0.2, 0.25) is 11.8 Å². The number of amides is 4. The molecule has 0 aromatic heterocycles. The first-order valence-electron chi connectivity index (χ1n) is 11.6. The highest BCUT2D eigenvalue weighted by Gasteiger charge is 2.64. The number of hydrogen-bond donors (Lipinski definition) is 1. The van der Waals surface area contributed by atoms with Crippen molar-refractivity contribution in [1.82, 2.24) is 10.2 Å². The predicted molar refractivity (Wildman–Crippen MR) is 126 cm³/mol. The first-order valence-corrected chi connectivity index (χ1v) is 11.6. The van der Waals surface area contributed by atoms with E-state index in [1.807, 2.05) is 49.1 Å². The molecule has 35 heavy (non-hydrogen) atoms. The van der Waals surface area contributed by atoms with Crippen LogP contribution in [0.5, 0.6) is 0 Å². The number of nitro benzene ring substituents is 1. The molecule has 4 amide bonds. The summed E-state index contributed by atoms with van der Waals surface area (Å²) in [6.45, 7) is 4.22. The number of non-ortho nitro benzene ring substituents is 1. The third-order valence-electron chi connectivity index (χ3n) is 7.20. The standard InChI is InChI=1S/C25H26N4O6/c1-15-14-28-20-9-8-19(29(33)34)12-18(20)13-25(21(28)16(2)35-15)22(30)26-24(32)27(23(25)31)11-10-17-6-4-3-5-7-17/h3-9,12,15-16,21H,10-11,13-14H2,1-2H3,(H,26,30,32)/t15-,16-,21-,25-/m1/s1. The van der Waals surface area contributed by atoms with Crippen LogP contribution < -0.4 is 10.2 Å². The summed E-state index contributed by atoms with van der Waals surface area (Å²) in [5.74, 6) is -1.29. The van der Waals surface area contributed by atoms with Crippen LogP contribution in [-0.2, 0) is 27.2 Å². The van der Waals surface area contributed by atoms with Crippen LogP contribution in [-0.4, -0.2) is 59.0 Å². The number of benzene rings is 2. The number of anilines is 1. The van der Waals surface area contributed by atoms with E-state index in [0.29, 0.717) is 18.5 Å². The molecule has 182 valence electrons. The summed E-state index contributed by atoms with van der Waals surface area (Å²) in [4.78, 5) is 54.4. The van der Waals surface area contributed by atoms with E-state index in [1.165, 1.54) is 12.1 Å². The van der Waals surface area contributed by atoms with E-state index < -0.39 is 40.3 Å². The monoisotopic (exact) mass is 478 g/mol. The summed E-state index contributed by atoms with van der Waals surface area (Å²) in [6, 6.07) is 12.5. The topological polar surface area (TPSA) is 122 Å². The van der Waals surface area contributed by atoms with Gasteiger partial charge in [0.1, 0.15) is 0 Å². The Labute approximate surface area is 202 Å². The van der Waals surface area contributed by atoms with Gasteiger partial charge in [0.25, 0.3) is 5.69 Å². The molecule has 10 nitrogen and oxygen atoms in total. The summed E-state index contributed by atoms with van der Waals surface area (Å²) in [5, 5.41) is 13.9. The van der Waals surface area contributed by atoms with Gasteiger partial charge in [0, 0.05) is 37.3 Å². The summed E-state index contributed by atoms with van der Waals surface area (Å²) >= 11 is 0. The molecule has 4 atom stereocenters. The number of nitrogens with zero attached hydrogens (tertiary/aromatic N) is 3. The van der Waals surface area contributed by atoms with Gasteiger partial charge in [0.05, 0.1) is 23.2 Å². The SMILES string of the molecule is C[C@@H]1CN2c3ccc([N+](=O)[O-])cc3C[C@]3(C(=O)NC(=O)N(CCc4ccccc4)C3=O)[C@H]2[C@@H](C)O1. The van der Waals surface area contributed by atoms with Crippen molar-refractivity contribution in [1.29, 1.82) is 0 Å². The van der Waals surface area contributed by atoms with Crippen molar-refractivity contribution in [3.63, 3.8) is 0 Å². The van der Waals surface area contributed by atoms with Crippen LogP contribution in [0.15, 0.2) is 48.5 Å². The van der Waals surface area contributed by atoms with E-state index >= 15 is 0 Å². The molecule has 1 N–H and O–H groups in total. The lowest BCUT2D eigenvalue weighted by Gasteiger charge is -2.56. The number of urea groups is 1. The molecule has 2 aromatic rings. The highest BCUT2D eigenvalue weighted by molar-refractivity contribution is 6.20. The molecule has 2 fully saturated rings. The number of nitro groups is 1. The molecule has 3 aliphatic heterocycles. The third kappa shape index (κ3) is 3.65. The Kier molecular flexibility index (Phi) is 5.55. The van der Waals surface area contributed by atoms with Crippen molar-refractivity contribution in [3.05, 3.63) is 69.8 Å². The molecule has 3 heterocycles. The lowest BCUT2D eigenvalue weighted by Crippen LogP contribution is -2.75. The molecule has 0 saturated carbocycles. The second-order valence-electron chi connectivity index (χ2n) is 9.42. The number of rotatable bonds is 4. The summed E-state index contributed by atoms with van der Waals surface area (Å²) in [5.41, 5.74) is 0.437. The number of nitrogens with one attached hydrogen (secondary N) is 1. The lowest BCUT2D eigenvalue weighted by atomic mass is 9.66. The minimum Gasteiger partial charge on any atom is -0.372 e. The zero-order valence-electron chi connectivity index (χ0n) is 19.5. The molecule has 0 bridgehead atoms. The lowest BCUT2D eigenvalue weighted by molar-refractivity contribution is -0.384. The van der Waals surface area contributed by atoms with Crippen LogP contribution in [0.1, 0.15) is 25.0 Å². The van der Waals surface area contributed by atoms with Crippen molar-refractivity contribution in [2.24, 2.45) is 5.41 Å². The zero-order chi connectivity index (χ0) is 24.9. The van der Waals surface area contributed by atoms with Gasteiger partial charge in [-0.05, 0) is 37.5 Å². The summed E-state index contributed by atoms with van der Waals surface area (Å²) < 4.78 is 6.06. The van der Waals surface area contributed by atoms with Crippen molar-refractivity contribution in [2.75, 3.05) is 18.0 Å². The van der Waals surface area contributed by atoms with Crippen LogP contribution in [0.2, 0.25) is 0 Å². The Hall–Kier alpha value is -3.79. The number of ether oxygens (including phenoxy) is 1. The highest BCUT2D eigenvalue weighted by atomic mass is 16.6. The maximum absolute atomic E-state index is 14.1. The molecular formula is C25H26N4O6. The number of fused-ring (bicyclic) bond motifs is 4. The third-order valence-corrected chi connectivity index (χ3v) is 7.20. The smallest absolute Gasteiger partial charge is 0.330 e. The van der Waals surface area contributed by atoms with E-state index in [-0.39, 0.29) is 24.8 Å². The predicted octanol–water partition coefficient (Wildman–Crippen LogP) is 2.44. The molecule has 2 saturated heterocycles. The van der Waals surface area contributed by atoms with E-state index in [9.17, 15) is 24.5 Å². The largest absolute Gasteiger partial charge is 0.372 e. The fourth-order valence-corrected chi connectivity index (χ4v) is 5.77. The zero-order valence-corrected chi connectivity index (χ0v) is 19.5. The molecular weight excluding hydrogens is 452 g/mol. The number of imide groups is 2. The van der Waals surface area contributed by atoms with Crippen LogP contribution in [0, 0.1) is 15.5 Å². The van der Waals surface area contributed by atoms with E-state index in [2.05, 4.69) is 5.32 Å². The summed E-state index contributed by atoms with van der Waals surface area (Å²) in [6.07, 6.45) is -0.311. The van der Waals surface area contributed by atoms with Crippen molar-refractivity contribution in [3.8, 4) is 0 Å². The minimum atomic E-state index is -1.66. The number of carbonyl (C=O) groups excluding carboxylic acids is 3. The second-order valence-corrected chi connectivity index (χ2v) is 9.42. The van der Waals surface area contributed by atoms with E-state index in [0.717, 1.165) is 16.2 Å². The number of hydrogen-bond acceptors (Lipinski definition) is 7. The molecule has 0 radical (unpaired) electrons. The molecule has 5 rings (SSSR count). The fraction of sp³-hybridized carbons (Fsp3) is 0.400. The van der Waals surface area contributed by atoms with Crippen LogP contribution in [0.4, 0.5) is 16.2 Å². The number of carbonyl (C=O) groups is 3. The van der Waals surface area contributed by atoms with Crippen molar-refractivity contribution < 1.29 is 24.0 Å². The van der Waals surface area contributed by atoms with Gasteiger partial charge in [-0.3, -0.25) is 29.9 Å². The first kappa shape index (κ1) is 23.0. The highest BCUT2D eigenvalue weighted by Crippen LogP contribution is 2.48. The summed E-state index contributed by atoms with van der Waals surface area (Å²) in [7, 11) is 0. The average molecular weight is 479 g/mol. The molecule has 3 aliphatic rings. The van der Waals surface area contributed by atoms with E-state index in [1.54, 1.807) is 6.07 Å². The normalized spacial score (nSPS) is 27.9. The molecule has 0 aliphatic carbocycles. The van der Waals surface area contributed by atoms with Gasteiger partial charge in [0.15, 0.2) is 5.41 Å². The molecule has 0 unspecified atom stereocenters. The van der Waals surface area contributed by atoms with Gasteiger partial charge < -0.3 is 9.64 Å². The second kappa shape index (κ2) is 8.46. The van der Waals surface area contributed by atoms with Crippen molar-refractivity contribution in [2.45, 2.75) is 44.9 Å². The fourth-order valence-electron chi connectivity index (χ4n) is 5.77. The van der Waals surface area contributed by atoms with Gasteiger partial charge in [-0.1, -0.05) is 30.3 Å². The maximum Gasteiger partial charge on any atom is 0.330 e.